The number of nitrogens with zero attached hydrogens (tertiary/aromatic N) is 4. The predicted molar refractivity (Wildman–Crippen MR) is 234 cm³/mol. The molecule has 8 aromatic carbocycles. The smallest absolute Gasteiger partial charge is 0.180 e. The molecule has 0 atom stereocenters. The Morgan fingerprint density at radius 3 is 1.36 bits per heavy atom. The second kappa shape index (κ2) is 14.2. The van der Waals surface area contributed by atoms with Crippen LogP contribution in [0.25, 0.3) is 61.7 Å². The van der Waals surface area contributed by atoms with Crippen molar-refractivity contribution in [3.63, 3.8) is 0 Å². The molecule has 2 aromatic heterocycles. The Hall–Kier alpha value is -7.21. The summed E-state index contributed by atoms with van der Waals surface area (Å²) in [5.74, 6) is 1.93. The topological polar surface area (TPSA) is 43.6 Å². The highest BCUT2D eigenvalue weighted by molar-refractivity contribution is 7.20. The van der Waals surface area contributed by atoms with Crippen LogP contribution in [0.4, 0.5) is 0 Å². The fraction of sp³-hybridized carbons (Fsp3) is 0. The summed E-state index contributed by atoms with van der Waals surface area (Å²) in [6.07, 6.45) is 0. The lowest BCUT2D eigenvalue weighted by molar-refractivity contribution is 1.07. The van der Waals surface area contributed by atoms with Gasteiger partial charge in [0.2, 0.25) is 0 Å². The normalized spacial score (nSPS) is 11.6. The van der Waals surface area contributed by atoms with Crippen LogP contribution in [0.2, 0.25) is 0 Å². The molecule has 0 saturated carbocycles. The van der Waals surface area contributed by atoms with Gasteiger partial charge >= 0.3 is 0 Å². The van der Waals surface area contributed by atoms with E-state index in [0.29, 0.717) is 17.5 Å². The lowest BCUT2D eigenvalue weighted by Crippen LogP contribution is -2.74. The Bertz CT molecular complexity index is 2850. The molecule has 0 fully saturated rings. The van der Waals surface area contributed by atoms with Gasteiger partial charge in [0.15, 0.2) is 25.5 Å². The molecular formula is C51H36N4Si. The number of fused-ring (bicyclic) bond motifs is 3. The van der Waals surface area contributed by atoms with Crippen molar-refractivity contribution in [2.75, 3.05) is 0 Å². The third-order valence-corrected chi connectivity index (χ3v) is 15.6. The molecule has 2 heterocycles. The molecule has 0 amide bonds. The molecule has 0 saturated heterocycles. The van der Waals surface area contributed by atoms with Gasteiger partial charge in [-0.05, 0) is 45.0 Å². The van der Waals surface area contributed by atoms with Gasteiger partial charge in [-0.3, -0.25) is 0 Å². The second-order valence-electron chi connectivity index (χ2n) is 14.0. The van der Waals surface area contributed by atoms with E-state index in [1.165, 1.54) is 42.6 Å². The maximum absolute atomic E-state index is 5.16. The summed E-state index contributed by atoms with van der Waals surface area (Å²) in [4.78, 5) is 15.3. The summed E-state index contributed by atoms with van der Waals surface area (Å²) >= 11 is 0. The van der Waals surface area contributed by atoms with E-state index < -0.39 is 8.07 Å². The summed E-state index contributed by atoms with van der Waals surface area (Å²) in [5.41, 5.74) is 6.36. The Morgan fingerprint density at radius 2 is 0.768 bits per heavy atom. The van der Waals surface area contributed by atoms with Gasteiger partial charge in [0, 0.05) is 33.2 Å². The average Bonchev–Trinajstić information content (AvgIpc) is 3.63. The van der Waals surface area contributed by atoms with Crippen LogP contribution in [-0.2, 0) is 0 Å². The predicted octanol–water partition coefficient (Wildman–Crippen LogP) is 9.35. The first-order valence-corrected chi connectivity index (χ1v) is 21.0. The lowest BCUT2D eigenvalue weighted by Gasteiger charge is -2.35. The van der Waals surface area contributed by atoms with Crippen LogP contribution >= 0.6 is 0 Å². The number of para-hydroxylation sites is 2. The highest BCUT2D eigenvalue weighted by atomic mass is 28.3. The number of hydrogen-bond acceptors (Lipinski definition) is 3. The van der Waals surface area contributed by atoms with E-state index in [2.05, 4.69) is 187 Å². The molecule has 264 valence electrons. The quantitative estimate of drug-likeness (QED) is 0.116. The summed E-state index contributed by atoms with van der Waals surface area (Å²) < 4.78 is 2.42. The zero-order chi connectivity index (χ0) is 37.3. The highest BCUT2D eigenvalue weighted by Gasteiger charge is 2.43. The van der Waals surface area contributed by atoms with Crippen molar-refractivity contribution >= 4 is 50.6 Å². The van der Waals surface area contributed by atoms with Crippen molar-refractivity contribution in [1.82, 2.24) is 19.5 Å². The third kappa shape index (κ3) is 5.65. The minimum absolute atomic E-state index is 0.641. The molecule has 10 rings (SSSR count). The van der Waals surface area contributed by atoms with Crippen LogP contribution < -0.4 is 20.7 Å². The van der Waals surface area contributed by atoms with E-state index in [4.69, 9.17) is 15.0 Å². The van der Waals surface area contributed by atoms with Gasteiger partial charge in [-0.15, -0.1) is 0 Å². The number of hydrogen-bond donors (Lipinski definition) is 0. The summed E-state index contributed by atoms with van der Waals surface area (Å²) in [7, 11) is -3.07. The van der Waals surface area contributed by atoms with Crippen molar-refractivity contribution in [2.24, 2.45) is 0 Å². The van der Waals surface area contributed by atoms with Crippen LogP contribution in [0.1, 0.15) is 0 Å². The van der Waals surface area contributed by atoms with Crippen molar-refractivity contribution in [2.45, 2.75) is 0 Å². The molecule has 0 N–H and O–H groups in total. The van der Waals surface area contributed by atoms with E-state index >= 15 is 0 Å². The van der Waals surface area contributed by atoms with E-state index in [0.717, 1.165) is 22.4 Å². The molecule has 0 aliphatic heterocycles. The van der Waals surface area contributed by atoms with Gasteiger partial charge in [-0.2, -0.15) is 0 Å². The standard InChI is InChI=1S/C51H36N4Si/c1-6-20-37(21-7-1)49-52-50(38-22-8-2-9-23-38)54-51(53-49)39-24-18-31-43(36-39)56(41-27-12-4-13-28-41,42-29-14-5-15-30-42)47-35-19-34-46-48(47)44-32-16-17-33-45(44)55(46)40-25-10-3-11-26-40/h1-36H. The Morgan fingerprint density at radius 1 is 0.339 bits per heavy atom. The molecule has 0 unspecified atom stereocenters. The minimum atomic E-state index is -3.07. The minimum Gasteiger partial charge on any atom is -0.309 e. The Balaban J connectivity index is 1.29. The molecule has 4 nitrogen and oxygen atoms in total. The molecule has 5 heteroatoms. The summed E-state index contributed by atoms with van der Waals surface area (Å²) in [6.45, 7) is 0. The molecule has 0 spiro atoms. The molecule has 10 aromatic rings. The van der Waals surface area contributed by atoms with Crippen molar-refractivity contribution in [3.05, 3.63) is 218 Å². The van der Waals surface area contributed by atoms with Gasteiger partial charge in [0.1, 0.15) is 0 Å². The van der Waals surface area contributed by atoms with E-state index in [1.54, 1.807) is 0 Å². The molecular weight excluding hydrogens is 697 g/mol. The third-order valence-electron chi connectivity index (χ3n) is 10.8. The van der Waals surface area contributed by atoms with Gasteiger partial charge < -0.3 is 4.57 Å². The number of aromatic nitrogens is 4. The number of rotatable bonds is 8. The van der Waals surface area contributed by atoms with E-state index in [1.807, 2.05) is 36.4 Å². The Kier molecular flexibility index (Phi) is 8.47. The first kappa shape index (κ1) is 33.4. The van der Waals surface area contributed by atoms with Crippen molar-refractivity contribution < 1.29 is 0 Å². The Labute approximate surface area is 327 Å². The van der Waals surface area contributed by atoms with E-state index in [9.17, 15) is 0 Å². The maximum Gasteiger partial charge on any atom is 0.180 e. The largest absolute Gasteiger partial charge is 0.309 e. The van der Waals surface area contributed by atoms with Crippen LogP contribution in [0, 0.1) is 0 Å². The van der Waals surface area contributed by atoms with Gasteiger partial charge in [-0.1, -0.05) is 194 Å². The SMILES string of the molecule is c1ccc(-c2nc(-c3ccccc3)nc(-c3cccc([Si](c4ccccc4)(c4ccccc4)c4cccc5c4c4ccccc4n5-c4ccccc4)c3)n2)cc1. The number of benzene rings is 8. The lowest BCUT2D eigenvalue weighted by atomic mass is 10.1. The fourth-order valence-corrected chi connectivity index (χ4v) is 13.4. The van der Waals surface area contributed by atoms with Gasteiger partial charge in [-0.25, -0.2) is 15.0 Å². The molecule has 56 heavy (non-hydrogen) atoms. The van der Waals surface area contributed by atoms with Crippen LogP contribution in [0.3, 0.4) is 0 Å². The molecule has 0 bridgehead atoms. The first-order chi connectivity index (χ1) is 27.8. The first-order valence-electron chi connectivity index (χ1n) is 19.0. The average molecular weight is 733 g/mol. The fourth-order valence-electron chi connectivity index (χ4n) is 8.36. The van der Waals surface area contributed by atoms with Crippen LogP contribution in [0.15, 0.2) is 218 Å². The molecule has 0 aliphatic rings. The van der Waals surface area contributed by atoms with Crippen LogP contribution in [0.5, 0.6) is 0 Å². The summed E-state index contributed by atoms with van der Waals surface area (Å²) in [6, 6.07) is 78.1. The zero-order valence-corrected chi connectivity index (χ0v) is 31.6. The molecule has 0 radical (unpaired) electrons. The monoisotopic (exact) mass is 732 g/mol. The van der Waals surface area contributed by atoms with E-state index in [-0.39, 0.29) is 0 Å². The van der Waals surface area contributed by atoms with Crippen molar-refractivity contribution in [1.29, 1.82) is 0 Å². The second-order valence-corrected chi connectivity index (χ2v) is 17.8. The zero-order valence-electron chi connectivity index (χ0n) is 30.6. The van der Waals surface area contributed by atoms with Crippen LogP contribution in [-0.4, -0.2) is 27.6 Å². The highest BCUT2D eigenvalue weighted by Crippen LogP contribution is 2.33. The van der Waals surface area contributed by atoms with Gasteiger partial charge in [0.25, 0.3) is 0 Å². The van der Waals surface area contributed by atoms with Gasteiger partial charge in [0.05, 0.1) is 11.0 Å². The summed E-state index contributed by atoms with van der Waals surface area (Å²) in [5, 5.41) is 7.70. The van der Waals surface area contributed by atoms with Crippen molar-refractivity contribution in [3.8, 4) is 39.9 Å². The molecule has 0 aliphatic carbocycles. The maximum atomic E-state index is 5.16.